The number of hydrogen-bond donors (Lipinski definition) is 0. The van der Waals surface area contributed by atoms with E-state index < -0.39 is 21.7 Å². The van der Waals surface area contributed by atoms with Crippen molar-refractivity contribution in [2.75, 3.05) is 13.1 Å². The van der Waals surface area contributed by atoms with Gasteiger partial charge in [0.1, 0.15) is 5.69 Å². The molecule has 1 saturated heterocycles. The van der Waals surface area contributed by atoms with E-state index in [1.54, 1.807) is 10.9 Å². The van der Waals surface area contributed by atoms with Crippen molar-refractivity contribution in [3.05, 3.63) is 66.4 Å². The van der Waals surface area contributed by atoms with Crippen LogP contribution in [0.1, 0.15) is 12.5 Å². The van der Waals surface area contributed by atoms with Gasteiger partial charge in [-0.2, -0.15) is 4.31 Å². The van der Waals surface area contributed by atoms with Crippen LogP contribution in [0.25, 0.3) is 11.3 Å². The molecule has 6 nitrogen and oxygen atoms in total. The average molecular weight is 390 g/mol. The van der Waals surface area contributed by atoms with Crippen LogP contribution >= 0.6 is 0 Å². The Bertz CT molecular complexity index is 1070. The lowest BCUT2D eigenvalue weighted by molar-refractivity contribution is 0.427. The van der Waals surface area contributed by atoms with Gasteiger partial charge in [0.2, 0.25) is 10.0 Å². The van der Waals surface area contributed by atoms with Crippen LogP contribution in [0.5, 0.6) is 0 Å². The molecule has 4 rings (SSSR count). The molecule has 140 valence electrons. The zero-order chi connectivity index (χ0) is 19.0. The minimum atomic E-state index is -3.90. The van der Waals surface area contributed by atoms with Crippen LogP contribution in [0.2, 0.25) is 0 Å². The summed E-state index contributed by atoms with van der Waals surface area (Å²) in [5, 5.41) is 8.28. The average Bonchev–Trinajstić information content (AvgIpc) is 3.34. The lowest BCUT2D eigenvalue weighted by Gasteiger charge is -2.16. The van der Waals surface area contributed by atoms with Gasteiger partial charge in [-0.15, -0.1) is 5.10 Å². The van der Waals surface area contributed by atoms with Gasteiger partial charge in [-0.05, 0) is 24.6 Å². The van der Waals surface area contributed by atoms with Crippen molar-refractivity contribution in [3.8, 4) is 11.3 Å². The number of rotatable bonds is 4. The van der Waals surface area contributed by atoms with Crippen molar-refractivity contribution >= 4 is 10.0 Å². The highest BCUT2D eigenvalue weighted by atomic mass is 32.2. The molecular formula is C18H16F2N4O2S. The molecule has 9 heteroatoms. The van der Waals surface area contributed by atoms with E-state index in [-0.39, 0.29) is 24.0 Å². The summed E-state index contributed by atoms with van der Waals surface area (Å²) in [4.78, 5) is -0.259. The van der Waals surface area contributed by atoms with Crippen LogP contribution in [-0.4, -0.2) is 40.8 Å². The molecule has 1 fully saturated rings. The molecule has 0 spiro atoms. The minimum Gasteiger partial charge on any atom is -0.247 e. The number of nitrogens with zero attached hydrogens (tertiary/aromatic N) is 4. The highest BCUT2D eigenvalue weighted by molar-refractivity contribution is 7.89. The largest absolute Gasteiger partial charge is 0.247 e. The smallest absolute Gasteiger partial charge is 0.243 e. The van der Waals surface area contributed by atoms with Gasteiger partial charge in [0.15, 0.2) is 11.6 Å². The first kappa shape index (κ1) is 17.7. The van der Waals surface area contributed by atoms with Gasteiger partial charge >= 0.3 is 0 Å². The summed E-state index contributed by atoms with van der Waals surface area (Å²) < 4.78 is 54.8. The fourth-order valence-corrected chi connectivity index (χ4v) is 4.63. The molecule has 1 aliphatic rings. The summed E-state index contributed by atoms with van der Waals surface area (Å²) in [5.74, 6) is -2.26. The fraction of sp³-hybridized carbons (Fsp3) is 0.222. The Morgan fingerprint density at radius 1 is 1.04 bits per heavy atom. The van der Waals surface area contributed by atoms with Crippen molar-refractivity contribution < 1.29 is 17.2 Å². The van der Waals surface area contributed by atoms with Crippen LogP contribution in [0, 0.1) is 11.6 Å². The number of hydrogen-bond acceptors (Lipinski definition) is 4. The van der Waals surface area contributed by atoms with Crippen LogP contribution in [-0.2, 0) is 10.0 Å². The van der Waals surface area contributed by atoms with E-state index in [0.717, 1.165) is 17.7 Å². The predicted octanol–water partition coefficient (Wildman–Crippen LogP) is 2.86. The van der Waals surface area contributed by atoms with E-state index in [1.165, 1.54) is 4.31 Å². The monoisotopic (exact) mass is 390 g/mol. The number of aromatic nitrogens is 3. The molecule has 3 aromatic rings. The molecule has 0 saturated carbocycles. The third-order valence-electron chi connectivity index (χ3n) is 4.61. The lowest BCUT2D eigenvalue weighted by atomic mass is 10.2. The maximum atomic E-state index is 13.4. The van der Waals surface area contributed by atoms with E-state index in [9.17, 15) is 17.2 Å². The first-order valence-corrected chi connectivity index (χ1v) is 9.81. The first-order valence-electron chi connectivity index (χ1n) is 8.37. The Kier molecular flexibility index (Phi) is 4.48. The van der Waals surface area contributed by atoms with Crippen LogP contribution in [0.3, 0.4) is 0 Å². The summed E-state index contributed by atoms with van der Waals surface area (Å²) in [5.41, 5.74) is 1.63. The van der Waals surface area contributed by atoms with Gasteiger partial charge in [-0.1, -0.05) is 35.5 Å². The zero-order valence-electron chi connectivity index (χ0n) is 14.2. The first-order chi connectivity index (χ1) is 12.9. The Morgan fingerprint density at radius 3 is 2.56 bits per heavy atom. The highest BCUT2D eigenvalue weighted by Gasteiger charge is 2.34. The molecule has 0 N–H and O–H groups in total. The predicted molar refractivity (Wildman–Crippen MR) is 94.2 cm³/mol. The molecule has 0 radical (unpaired) electrons. The quantitative estimate of drug-likeness (QED) is 0.687. The van der Waals surface area contributed by atoms with Crippen LogP contribution < -0.4 is 0 Å². The zero-order valence-corrected chi connectivity index (χ0v) is 15.0. The summed E-state index contributed by atoms with van der Waals surface area (Å²) in [6.07, 6.45) is 2.34. The molecule has 1 atom stereocenters. The van der Waals surface area contributed by atoms with Crippen molar-refractivity contribution in [2.45, 2.75) is 17.4 Å². The number of benzene rings is 2. The van der Waals surface area contributed by atoms with E-state index in [1.807, 2.05) is 30.3 Å². The van der Waals surface area contributed by atoms with Crippen molar-refractivity contribution in [3.63, 3.8) is 0 Å². The molecule has 1 aromatic heterocycles. The highest BCUT2D eigenvalue weighted by Crippen LogP contribution is 2.28. The Hall–Kier alpha value is -2.65. The Morgan fingerprint density at radius 2 is 1.81 bits per heavy atom. The van der Waals surface area contributed by atoms with E-state index >= 15 is 0 Å². The molecule has 1 aliphatic heterocycles. The summed E-state index contributed by atoms with van der Waals surface area (Å²) >= 11 is 0. The second-order valence-corrected chi connectivity index (χ2v) is 8.27. The Balaban J connectivity index is 1.53. The van der Waals surface area contributed by atoms with E-state index in [0.29, 0.717) is 18.2 Å². The molecule has 0 bridgehead atoms. The fourth-order valence-electron chi connectivity index (χ4n) is 3.13. The van der Waals surface area contributed by atoms with Crippen LogP contribution in [0.4, 0.5) is 8.78 Å². The summed E-state index contributed by atoms with van der Waals surface area (Å²) in [6, 6.07) is 12.0. The van der Waals surface area contributed by atoms with Gasteiger partial charge in [0.05, 0.1) is 17.1 Å². The molecule has 0 amide bonds. The standard InChI is InChI=1S/C18H16F2N4O2S/c19-16-7-6-15(10-17(16)20)27(25,26)23-9-8-14(11-23)24-12-18(21-22-24)13-4-2-1-3-5-13/h1-7,10,12,14H,8-9,11H2. The normalized spacial score (nSPS) is 18.1. The molecular weight excluding hydrogens is 374 g/mol. The van der Waals surface area contributed by atoms with Gasteiger partial charge in [-0.25, -0.2) is 21.9 Å². The SMILES string of the molecule is O=S(=O)(c1ccc(F)c(F)c1)N1CCC(n2cc(-c3ccccc3)nn2)C1. The summed E-state index contributed by atoms with van der Waals surface area (Å²) in [6.45, 7) is 0.464. The molecule has 0 aliphatic carbocycles. The maximum absolute atomic E-state index is 13.4. The molecule has 2 heterocycles. The van der Waals surface area contributed by atoms with Crippen molar-refractivity contribution in [1.29, 1.82) is 0 Å². The van der Waals surface area contributed by atoms with Gasteiger partial charge in [-0.3, -0.25) is 0 Å². The van der Waals surface area contributed by atoms with Crippen molar-refractivity contribution in [1.82, 2.24) is 19.3 Å². The maximum Gasteiger partial charge on any atom is 0.243 e. The topological polar surface area (TPSA) is 68.1 Å². The van der Waals surface area contributed by atoms with Crippen LogP contribution in [0.15, 0.2) is 59.6 Å². The second kappa shape index (κ2) is 6.82. The number of halogens is 2. The summed E-state index contributed by atoms with van der Waals surface area (Å²) in [7, 11) is -3.90. The Labute approximate surface area is 155 Å². The minimum absolute atomic E-state index is 0.171. The second-order valence-electron chi connectivity index (χ2n) is 6.33. The van der Waals surface area contributed by atoms with Crippen molar-refractivity contribution in [2.24, 2.45) is 0 Å². The van der Waals surface area contributed by atoms with Gasteiger partial charge in [0.25, 0.3) is 0 Å². The molecule has 1 unspecified atom stereocenters. The molecule has 27 heavy (non-hydrogen) atoms. The van der Waals surface area contributed by atoms with Gasteiger partial charge in [0, 0.05) is 18.7 Å². The lowest BCUT2D eigenvalue weighted by Crippen LogP contribution is -2.29. The van der Waals surface area contributed by atoms with E-state index in [2.05, 4.69) is 10.3 Å². The number of sulfonamides is 1. The van der Waals surface area contributed by atoms with E-state index in [4.69, 9.17) is 0 Å². The van der Waals surface area contributed by atoms with Gasteiger partial charge < -0.3 is 0 Å². The third-order valence-corrected chi connectivity index (χ3v) is 6.47. The third kappa shape index (κ3) is 3.35. The molecule has 2 aromatic carbocycles.